The van der Waals surface area contributed by atoms with Crippen molar-refractivity contribution in [3.05, 3.63) is 33.6 Å². The van der Waals surface area contributed by atoms with Gasteiger partial charge in [-0.1, -0.05) is 42.1 Å². The number of nitrogens with two attached hydrogens (primary N) is 1. The fourth-order valence-corrected chi connectivity index (χ4v) is 6.54. The van der Waals surface area contributed by atoms with E-state index in [0.717, 1.165) is 11.3 Å². The number of amidine groups is 2. The molecule has 1 aromatic heterocycles. The third kappa shape index (κ3) is 4.95. The van der Waals surface area contributed by atoms with Crippen molar-refractivity contribution in [3.8, 4) is 5.75 Å². The van der Waals surface area contributed by atoms with Crippen molar-refractivity contribution >= 4 is 80.4 Å². The van der Waals surface area contributed by atoms with Crippen molar-refractivity contribution in [2.24, 2.45) is 15.7 Å². The summed E-state index contributed by atoms with van der Waals surface area (Å²) >= 11 is 16.9. The van der Waals surface area contributed by atoms with Gasteiger partial charge in [0.1, 0.15) is 5.69 Å². The predicted octanol–water partition coefficient (Wildman–Crippen LogP) is 3.06. The molecule has 0 radical (unpaired) electrons. The average Bonchev–Trinajstić information content (AvgIpc) is 3.36. The van der Waals surface area contributed by atoms with E-state index in [1.54, 1.807) is 18.2 Å². The first kappa shape index (κ1) is 24.1. The van der Waals surface area contributed by atoms with Crippen LogP contribution in [0.4, 0.5) is 11.4 Å². The maximum absolute atomic E-state index is 12.9. The van der Waals surface area contributed by atoms with Crippen molar-refractivity contribution in [1.82, 2.24) is 9.03 Å². The first-order chi connectivity index (χ1) is 14.7. The summed E-state index contributed by atoms with van der Waals surface area (Å²) in [5.41, 5.74) is 6.25. The maximum Gasteiger partial charge on any atom is 0.256 e. The Kier molecular flexibility index (Phi) is 7.73. The molecule has 1 saturated heterocycles. The largest absolute Gasteiger partial charge is 0.504 e. The summed E-state index contributed by atoms with van der Waals surface area (Å²) < 4.78 is 29.3. The highest BCUT2D eigenvalue weighted by Gasteiger charge is 2.37. The summed E-state index contributed by atoms with van der Waals surface area (Å²) in [4.78, 5) is 8.31. The molecule has 1 aliphatic rings. The molecule has 0 aliphatic carbocycles. The number of thiol groups is 1. The van der Waals surface area contributed by atoms with E-state index >= 15 is 0 Å². The Bertz CT molecular complexity index is 1140. The number of aliphatic hydroxyl groups excluding tert-OH is 1. The molecule has 3 rings (SSSR count). The fourth-order valence-electron chi connectivity index (χ4n) is 3.02. The Hall–Kier alpha value is -1.54. The van der Waals surface area contributed by atoms with Gasteiger partial charge in [0.15, 0.2) is 21.6 Å². The van der Waals surface area contributed by atoms with E-state index in [4.69, 9.17) is 28.9 Å². The highest BCUT2D eigenvalue weighted by molar-refractivity contribution is 7.91. The molecular weight excluding hydrogens is 505 g/mol. The number of thiophene rings is 1. The first-order valence-electron chi connectivity index (χ1n) is 8.91. The van der Waals surface area contributed by atoms with Crippen molar-refractivity contribution < 1.29 is 18.6 Å². The van der Waals surface area contributed by atoms with Crippen LogP contribution in [0.3, 0.4) is 0 Å². The maximum atomic E-state index is 12.9. The summed E-state index contributed by atoms with van der Waals surface area (Å²) in [5.74, 6) is -0.685. The molecule has 14 heteroatoms. The number of nitrogens with zero attached hydrogens (tertiary/aromatic N) is 3. The van der Waals surface area contributed by atoms with Crippen LogP contribution in [0.2, 0.25) is 10.0 Å². The summed E-state index contributed by atoms with van der Waals surface area (Å²) in [6.45, 7) is -0.0186. The highest BCUT2D eigenvalue weighted by atomic mass is 35.5. The molecule has 0 spiro atoms. The van der Waals surface area contributed by atoms with Gasteiger partial charge < -0.3 is 20.7 Å². The van der Waals surface area contributed by atoms with Crippen LogP contribution < -0.4 is 10.5 Å². The molecule has 1 unspecified atom stereocenters. The van der Waals surface area contributed by atoms with E-state index in [9.17, 15) is 18.6 Å². The molecule has 31 heavy (non-hydrogen) atoms. The monoisotopic (exact) mass is 523 g/mol. The van der Waals surface area contributed by atoms with Crippen LogP contribution in [0.25, 0.3) is 0 Å². The Morgan fingerprint density at radius 1 is 1.35 bits per heavy atom. The van der Waals surface area contributed by atoms with Crippen LogP contribution in [0.15, 0.2) is 37.8 Å². The van der Waals surface area contributed by atoms with Gasteiger partial charge in [-0.3, -0.25) is 0 Å². The number of sulfonamides is 1. The lowest BCUT2D eigenvalue weighted by Gasteiger charge is -2.21. The van der Waals surface area contributed by atoms with Crippen LogP contribution in [0, 0.1) is 0 Å². The third-order valence-corrected chi connectivity index (χ3v) is 8.99. The molecule has 1 aliphatic heterocycles. The number of halogens is 2. The van der Waals surface area contributed by atoms with Crippen LogP contribution >= 0.6 is 47.4 Å². The number of benzene rings is 1. The SMILES string of the molecule is NC(=Nc1csc(S(=O)(=O)N2CCCC2CO)c1O)C(=Nc1cccc(Cl)c1Cl)NS. The highest BCUT2D eigenvalue weighted by Crippen LogP contribution is 2.42. The topological polar surface area (TPSA) is 141 Å². The summed E-state index contributed by atoms with van der Waals surface area (Å²) in [5, 5.41) is 21.8. The van der Waals surface area contributed by atoms with Crippen molar-refractivity contribution in [3.63, 3.8) is 0 Å². The number of aromatic hydroxyl groups is 1. The van der Waals surface area contributed by atoms with E-state index in [0.29, 0.717) is 23.6 Å². The molecule has 0 saturated carbocycles. The molecule has 1 aromatic carbocycles. The lowest BCUT2D eigenvalue weighted by molar-refractivity contribution is 0.213. The smallest absolute Gasteiger partial charge is 0.256 e. The molecule has 168 valence electrons. The van der Waals surface area contributed by atoms with E-state index in [1.807, 2.05) is 0 Å². The first-order valence-corrected chi connectivity index (χ1v) is 12.4. The number of nitrogens with one attached hydrogen (secondary N) is 1. The Balaban J connectivity index is 1.94. The van der Waals surface area contributed by atoms with Crippen LogP contribution in [0.1, 0.15) is 12.8 Å². The minimum atomic E-state index is -3.99. The molecule has 0 amide bonds. The average molecular weight is 524 g/mol. The van der Waals surface area contributed by atoms with E-state index < -0.39 is 21.8 Å². The van der Waals surface area contributed by atoms with Crippen LogP contribution in [0.5, 0.6) is 5.75 Å². The normalized spacial score (nSPS) is 18.5. The second-order valence-electron chi connectivity index (χ2n) is 6.49. The third-order valence-electron chi connectivity index (χ3n) is 4.54. The van der Waals surface area contributed by atoms with Gasteiger partial charge in [-0.25, -0.2) is 18.4 Å². The zero-order chi connectivity index (χ0) is 22.8. The predicted molar refractivity (Wildman–Crippen MR) is 127 cm³/mol. The Morgan fingerprint density at radius 2 is 2.10 bits per heavy atom. The summed E-state index contributed by atoms with van der Waals surface area (Å²) in [6.07, 6.45) is 1.19. The van der Waals surface area contributed by atoms with Gasteiger partial charge >= 0.3 is 0 Å². The molecule has 0 bridgehead atoms. The van der Waals surface area contributed by atoms with E-state index in [-0.39, 0.29) is 39.7 Å². The quantitative estimate of drug-likeness (QED) is 0.231. The van der Waals surface area contributed by atoms with E-state index in [2.05, 4.69) is 27.5 Å². The molecule has 2 heterocycles. The number of rotatable bonds is 5. The Labute approximate surface area is 198 Å². The van der Waals surface area contributed by atoms with Crippen LogP contribution in [-0.4, -0.2) is 53.8 Å². The lowest BCUT2D eigenvalue weighted by atomic mass is 10.2. The van der Waals surface area contributed by atoms with Crippen LogP contribution in [-0.2, 0) is 10.0 Å². The summed E-state index contributed by atoms with van der Waals surface area (Å²) in [6, 6.07) is 4.34. The van der Waals surface area contributed by atoms with Crippen molar-refractivity contribution in [2.45, 2.75) is 23.1 Å². The van der Waals surface area contributed by atoms with Gasteiger partial charge in [0.2, 0.25) is 0 Å². The molecule has 1 atom stereocenters. The van der Waals surface area contributed by atoms with Crippen molar-refractivity contribution in [2.75, 3.05) is 13.2 Å². The van der Waals surface area contributed by atoms with Gasteiger partial charge in [-0.2, -0.15) is 4.31 Å². The molecule has 1 fully saturated rings. The second kappa shape index (κ2) is 9.94. The van der Waals surface area contributed by atoms with Gasteiger partial charge in [0.25, 0.3) is 10.0 Å². The fraction of sp³-hybridized carbons (Fsp3) is 0.294. The number of aliphatic imine (C=N–C) groups is 2. The minimum absolute atomic E-state index is 0.0161. The lowest BCUT2D eigenvalue weighted by Crippen LogP contribution is -2.37. The standard InChI is InChI=1S/C17H19Cl2N5O4S3/c18-10-4-1-5-11(13(10)19)22-16(23-29)15(20)21-12-8-30-17(14(12)26)31(27,28)24-6-2-3-9(24)7-25/h1,4-5,8-9,25-26,29H,2-3,6-7H2,(H2,20,21)(H,22,23). The van der Waals surface area contributed by atoms with Gasteiger partial charge in [0, 0.05) is 18.0 Å². The van der Waals surface area contributed by atoms with Gasteiger partial charge in [0.05, 0.1) is 22.3 Å². The molecule has 5 N–H and O–H groups in total. The molecular formula is C17H19Cl2N5O4S3. The zero-order valence-corrected chi connectivity index (χ0v) is 19.9. The van der Waals surface area contributed by atoms with Crippen molar-refractivity contribution in [1.29, 1.82) is 0 Å². The van der Waals surface area contributed by atoms with E-state index in [1.165, 1.54) is 9.69 Å². The second-order valence-corrected chi connectivity index (χ2v) is 10.5. The number of hydrogen-bond donors (Lipinski definition) is 5. The Morgan fingerprint density at radius 3 is 2.77 bits per heavy atom. The zero-order valence-electron chi connectivity index (χ0n) is 15.9. The minimum Gasteiger partial charge on any atom is -0.504 e. The number of hydrogen-bond acceptors (Lipinski definition) is 8. The molecule has 9 nitrogen and oxygen atoms in total. The summed E-state index contributed by atoms with van der Waals surface area (Å²) in [7, 11) is -3.99. The number of aliphatic hydroxyl groups is 1. The van der Waals surface area contributed by atoms with Gasteiger partial charge in [-0.15, -0.1) is 11.3 Å². The van der Waals surface area contributed by atoms with Gasteiger partial charge in [-0.05, 0) is 25.0 Å². The molecule has 2 aromatic rings.